The number of nitrogens with zero attached hydrogens (tertiary/aromatic N) is 6. The van der Waals surface area contributed by atoms with E-state index in [2.05, 4.69) is 20.4 Å². The molecule has 2 aliphatic rings. The van der Waals surface area contributed by atoms with Gasteiger partial charge < -0.3 is 4.74 Å². The minimum absolute atomic E-state index is 0.0621. The van der Waals surface area contributed by atoms with Crippen LogP contribution in [-0.2, 0) is 0 Å². The molecule has 1 fully saturated rings. The number of ether oxygens (including phenoxy) is 1. The van der Waals surface area contributed by atoms with Gasteiger partial charge >= 0.3 is 12.2 Å². The second-order valence-electron chi connectivity index (χ2n) is 8.29. The molecule has 15 heteroatoms. The van der Waals surface area contributed by atoms with Gasteiger partial charge in [0.05, 0.1) is 17.6 Å². The molecule has 3 aromatic rings. The Kier molecular flexibility index (Phi) is 5.67. The van der Waals surface area contributed by atoms with Crippen LogP contribution in [0.2, 0.25) is 5.15 Å². The lowest BCUT2D eigenvalue weighted by Crippen LogP contribution is -2.51. The van der Waals surface area contributed by atoms with Gasteiger partial charge in [0.15, 0.2) is 10.8 Å². The largest absolute Gasteiger partial charge is 0.472 e. The molecule has 5 heterocycles. The summed E-state index contributed by atoms with van der Waals surface area (Å²) < 4.78 is 74.9. The van der Waals surface area contributed by atoms with Crippen LogP contribution in [0.15, 0.2) is 24.4 Å². The van der Waals surface area contributed by atoms with Gasteiger partial charge in [0.25, 0.3) is 6.43 Å². The number of rotatable bonds is 4. The van der Waals surface area contributed by atoms with Crippen LogP contribution in [0, 0.1) is 0 Å². The summed E-state index contributed by atoms with van der Waals surface area (Å²) in [4.78, 5) is 23.8. The predicted molar refractivity (Wildman–Crippen MR) is 114 cm³/mol. The van der Waals surface area contributed by atoms with E-state index in [4.69, 9.17) is 16.3 Å². The minimum atomic E-state index is -4.71. The third kappa shape index (κ3) is 4.43. The van der Waals surface area contributed by atoms with Crippen molar-refractivity contribution in [3.63, 3.8) is 0 Å². The third-order valence-corrected chi connectivity index (χ3v) is 5.91. The molecule has 1 unspecified atom stereocenters. The van der Waals surface area contributed by atoms with E-state index in [0.717, 1.165) is 27.7 Å². The van der Waals surface area contributed by atoms with Crippen LogP contribution in [-0.4, -0.2) is 69.5 Å². The molecule has 186 valence electrons. The Morgan fingerprint density at radius 3 is 2.63 bits per heavy atom. The number of amides is 2. The molecule has 0 spiro atoms. The van der Waals surface area contributed by atoms with Gasteiger partial charge in [-0.3, -0.25) is 15.1 Å². The van der Waals surface area contributed by atoms with Crippen molar-refractivity contribution in [2.45, 2.75) is 24.6 Å². The van der Waals surface area contributed by atoms with Gasteiger partial charge in [0.1, 0.15) is 17.8 Å². The van der Waals surface area contributed by atoms with Crippen molar-refractivity contribution in [1.29, 1.82) is 0 Å². The van der Waals surface area contributed by atoms with Crippen molar-refractivity contribution in [3.8, 4) is 5.88 Å². The number of nitrogens with one attached hydrogen (secondary N) is 1. The zero-order valence-electron chi connectivity index (χ0n) is 17.9. The van der Waals surface area contributed by atoms with Crippen molar-refractivity contribution in [2.75, 3.05) is 36.9 Å². The average Bonchev–Trinajstić information content (AvgIpc) is 3.32. The maximum Gasteiger partial charge on any atom is 0.399 e. The van der Waals surface area contributed by atoms with Gasteiger partial charge in [-0.05, 0) is 13.1 Å². The average molecular weight is 518 g/mol. The number of likely N-dealkylation sites (tertiary alicyclic amines) is 1. The van der Waals surface area contributed by atoms with E-state index < -0.39 is 36.7 Å². The van der Waals surface area contributed by atoms with Gasteiger partial charge in [0, 0.05) is 37.3 Å². The lowest BCUT2D eigenvalue weighted by molar-refractivity contribution is -0.147. The first-order valence-electron chi connectivity index (χ1n) is 10.3. The molecular weight excluding hydrogens is 501 g/mol. The second-order valence-corrected chi connectivity index (χ2v) is 8.67. The number of anilines is 2. The molecule has 1 saturated heterocycles. The number of urea groups is 1. The van der Waals surface area contributed by atoms with Crippen LogP contribution in [0.1, 0.15) is 23.6 Å². The van der Waals surface area contributed by atoms with Crippen LogP contribution < -0.4 is 15.0 Å². The lowest BCUT2D eigenvalue weighted by atomic mass is 10.1. The first-order valence-corrected chi connectivity index (χ1v) is 10.7. The zero-order chi connectivity index (χ0) is 25.1. The van der Waals surface area contributed by atoms with Crippen molar-refractivity contribution in [1.82, 2.24) is 24.5 Å². The maximum atomic E-state index is 13.9. The van der Waals surface area contributed by atoms with E-state index >= 15 is 0 Å². The highest BCUT2D eigenvalue weighted by atomic mass is 35.5. The summed E-state index contributed by atoms with van der Waals surface area (Å²) in [5.74, 6) is -2.48. The Labute approximate surface area is 199 Å². The maximum absolute atomic E-state index is 13.9. The smallest absolute Gasteiger partial charge is 0.399 e. The number of carbonyl (C=O) groups excluding carboxylic acids is 1. The third-order valence-electron chi connectivity index (χ3n) is 5.73. The summed E-state index contributed by atoms with van der Waals surface area (Å²) in [6.45, 7) is 0.379. The van der Waals surface area contributed by atoms with Gasteiger partial charge in [0.2, 0.25) is 5.88 Å². The molecular formula is C20H17ClF5N7O2. The first kappa shape index (κ1) is 23.5. The predicted octanol–water partition coefficient (Wildman–Crippen LogP) is 4.11. The Morgan fingerprint density at radius 1 is 1.23 bits per heavy atom. The van der Waals surface area contributed by atoms with E-state index in [-0.39, 0.29) is 40.0 Å². The standard InChI is InChI=1S/C20H17ClF5N7O2/c1-31-6-10(7-31)35-16-3-9(18(22)23)2-14(28-16)29-19(34)32-8-11(20(24,25)26)17-12(32)5-27-15-4-13(21)30-33(15)17/h2-5,10-11,18H,6-8H2,1H3,(H,28,29,34). The summed E-state index contributed by atoms with van der Waals surface area (Å²) in [5.41, 5.74) is -0.824. The van der Waals surface area contributed by atoms with E-state index in [1.165, 1.54) is 6.07 Å². The monoisotopic (exact) mass is 517 g/mol. The van der Waals surface area contributed by atoms with E-state index in [1.807, 2.05) is 11.9 Å². The molecule has 35 heavy (non-hydrogen) atoms. The quantitative estimate of drug-likeness (QED) is 0.524. The number of alkyl halides is 5. The Morgan fingerprint density at radius 2 is 1.97 bits per heavy atom. The zero-order valence-corrected chi connectivity index (χ0v) is 18.7. The minimum Gasteiger partial charge on any atom is -0.472 e. The molecule has 2 aliphatic heterocycles. The molecule has 0 radical (unpaired) electrons. The van der Waals surface area contributed by atoms with E-state index in [1.54, 1.807) is 0 Å². The molecule has 0 aromatic carbocycles. The molecule has 1 N–H and O–H groups in total. The Bertz CT molecular complexity index is 1290. The van der Waals surface area contributed by atoms with Gasteiger partial charge in [-0.25, -0.2) is 23.1 Å². The second kappa shape index (κ2) is 8.45. The van der Waals surface area contributed by atoms with Gasteiger partial charge in [-0.15, -0.1) is 0 Å². The summed E-state index contributed by atoms with van der Waals surface area (Å²) >= 11 is 5.84. The number of hydrogen-bond acceptors (Lipinski definition) is 6. The first-order chi connectivity index (χ1) is 16.5. The normalized spacial score (nSPS) is 18.7. The lowest BCUT2D eigenvalue weighted by Gasteiger charge is -2.35. The molecule has 0 saturated carbocycles. The Balaban J connectivity index is 1.45. The summed E-state index contributed by atoms with van der Waals surface area (Å²) in [5, 5.41) is 6.10. The number of carbonyl (C=O) groups is 1. The molecule has 0 aliphatic carbocycles. The number of fused-ring (bicyclic) bond motifs is 3. The van der Waals surface area contributed by atoms with Gasteiger partial charge in [-0.2, -0.15) is 23.3 Å². The Hall–Kier alpha value is -3.26. The molecule has 5 rings (SSSR count). The van der Waals surface area contributed by atoms with Crippen molar-refractivity contribution in [2.24, 2.45) is 0 Å². The molecule has 0 bridgehead atoms. The number of likely N-dealkylation sites (N-methyl/N-ethyl adjacent to an activating group) is 1. The van der Waals surface area contributed by atoms with Crippen LogP contribution in [0.5, 0.6) is 5.88 Å². The molecule has 9 nitrogen and oxygen atoms in total. The summed E-state index contributed by atoms with van der Waals surface area (Å²) in [6.07, 6.45) is -6.74. The van der Waals surface area contributed by atoms with Crippen LogP contribution in [0.3, 0.4) is 0 Å². The highest BCUT2D eigenvalue weighted by Crippen LogP contribution is 2.45. The SMILES string of the molecule is CN1CC(Oc2cc(C(F)F)cc(NC(=O)N3CC(C(F)(F)F)c4c3cnc3cc(Cl)nn43)n2)C1. The number of aromatic nitrogens is 4. The fraction of sp³-hybridized carbons (Fsp3) is 0.400. The highest BCUT2D eigenvalue weighted by molar-refractivity contribution is 6.29. The fourth-order valence-electron chi connectivity index (χ4n) is 4.11. The number of hydrogen-bond donors (Lipinski definition) is 1. The van der Waals surface area contributed by atoms with Crippen molar-refractivity contribution < 1.29 is 31.5 Å². The van der Waals surface area contributed by atoms with Crippen molar-refractivity contribution in [3.05, 3.63) is 40.8 Å². The number of pyridine rings is 1. The highest BCUT2D eigenvalue weighted by Gasteiger charge is 2.50. The van der Waals surface area contributed by atoms with E-state index in [0.29, 0.717) is 13.1 Å². The number of halogens is 6. The van der Waals surface area contributed by atoms with Crippen LogP contribution in [0.4, 0.5) is 38.3 Å². The summed E-state index contributed by atoms with van der Waals surface area (Å²) in [7, 11) is 1.86. The topological polar surface area (TPSA) is 87.9 Å². The molecule has 2 amide bonds. The van der Waals surface area contributed by atoms with Gasteiger partial charge in [-0.1, -0.05) is 11.6 Å². The molecule has 3 aromatic heterocycles. The summed E-state index contributed by atoms with van der Waals surface area (Å²) in [6, 6.07) is 2.28. The van der Waals surface area contributed by atoms with Crippen LogP contribution in [0.25, 0.3) is 5.65 Å². The molecule has 1 atom stereocenters. The van der Waals surface area contributed by atoms with Crippen molar-refractivity contribution >= 4 is 34.8 Å². The van der Waals surface area contributed by atoms with E-state index in [9.17, 15) is 26.7 Å². The fourth-order valence-corrected chi connectivity index (χ4v) is 4.28. The van der Waals surface area contributed by atoms with Crippen LogP contribution >= 0.6 is 11.6 Å².